The molecule has 0 fully saturated rings. The molecule has 0 unspecified atom stereocenters. The summed E-state index contributed by atoms with van der Waals surface area (Å²) < 4.78 is 19.1. The average molecular weight is 289 g/mol. The standard InChI is InChI=1S/C15H12FNO4/c1-9-3-5-15(13(7-9)17(19)20)21-14-6-4-11(10(2)18)8-12(14)16/h3-8H,1-2H3. The largest absolute Gasteiger partial charge is 0.447 e. The molecule has 0 radical (unpaired) electrons. The zero-order valence-electron chi connectivity index (χ0n) is 11.4. The number of halogens is 1. The summed E-state index contributed by atoms with van der Waals surface area (Å²) in [7, 11) is 0. The van der Waals surface area contributed by atoms with Crippen LogP contribution < -0.4 is 4.74 Å². The summed E-state index contributed by atoms with van der Waals surface area (Å²) in [6.45, 7) is 3.03. The smallest absolute Gasteiger partial charge is 0.311 e. The van der Waals surface area contributed by atoms with Crippen molar-refractivity contribution in [3.8, 4) is 11.5 Å². The lowest BCUT2D eigenvalue weighted by Crippen LogP contribution is -1.97. The van der Waals surface area contributed by atoms with Gasteiger partial charge in [-0.3, -0.25) is 14.9 Å². The minimum atomic E-state index is -0.752. The van der Waals surface area contributed by atoms with Gasteiger partial charge in [0, 0.05) is 11.6 Å². The lowest BCUT2D eigenvalue weighted by molar-refractivity contribution is -0.385. The lowest BCUT2D eigenvalue weighted by atomic mass is 10.1. The van der Waals surface area contributed by atoms with Gasteiger partial charge < -0.3 is 4.74 Å². The number of hydrogen-bond acceptors (Lipinski definition) is 4. The molecule has 0 saturated heterocycles. The summed E-state index contributed by atoms with van der Waals surface area (Å²) in [5.74, 6) is -1.26. The van der Waals surface area contributed by atoms with Gasteiger partial charge in [-0.05, 0) is 43.7 Å². The summed E-state index contributed by atoms with van der Waals surface area (Å²) in [6, 6.07) is 8.10. The van der Waals surface area contributed by atoms with Gasteiger partial charge >= 0.3 is 5.69 Å². The predicted molar refractivity (Wildman–Crippen MR) is 74.3 cm³/mol. The number of rotatable bonds is 4. The molecule has 2 rings (SSSR count). The number of carbonyl (C=O) groups excluding carboxylic acids is 1. The summed E-state index contributed by atoms with van der Waals surface area (Å²) >= 11 is 0. The first-order chi connectivity index (χ1) is 9.88. The normalized spacial score (nSPS) is 10.2. The summed E-state index contributed by atoms with van der Waals surface area (Å²) in [5, 5.41) is 11.0. The first kappa shape index (κ1) is 14.6. The van der Waals surface area contributed by atoms with Crippen LogP contribution in [0.4, 0.5) is 10.1 Å². The van der Waals surface area contributed by atoms with E-state index in [0.29, 0.717) is 5.56 Å². The number of carbonyl (C=O) groups is 1. The van der Waals surface area contributed by atoms with Crippen molar-refractivity contribution in [3.63, 3.8) is 0 Å². The van der Waals surface area contributed by atoms with Crippen LogP contribution in [0.3, 0.4) is 0 Å². The summed E-state index contributed by atoms with van der Waals surface area (Å²) in [4.78, 5) is 21.5. The second kappa shape index (κ2) is 5.70. The van der Waals surface area contributed by atoms with Crippen molar-refractivity contribution in [1.29, 1.82) is 0 Å². The number of ketones is 1. The third-order valence-corrected chi connectivity index (χ3v) is 2.87. The molecule has 0 amide bonds. The first-order valence-corrected chi connectivity index (χ1v) is 6.12. The maximum absolute atomic E-state index is 13.9. The quantitative estimate of drug-likeness (QED) is 0.484. The Bertz CT molecular complexity index is 728. The van der Waals surface area contributed by atoms with E-state index in [0.717, 1.165) is 6.07 Å². The molecule has 0 N–H and O–H groups in total. The second-order valence-corrected chi connectivity index (χ2v) is 4.53. The topological polar surface area (TPSA) is 69.4 Å². The fourth-order valence-electron chi connectivity index (χ4n) is 1.78. The van der Waals surface area contributed by atoms with Gasteiger partial charge in [0.2, 0.25) is 5.75 Å². The van der Waals surface area contributed by atoms with Gasteiger partial charge in [-0.15, -0.1) is 0 Å². The molecule has 0 bridgehead atoms. The Balaban J connectivity index is 2.39. The molecule has 0 saturated carbocycles. The molecule has 5 nitrogen and oxygen atoms in total. The van der Waals surface area contributed by atoms with Crippen LogP contribution in [0.2, 0.25) is 0 Å². The Morgan fingerprint density at radius 1 is 1.19 bits per heavy atom. The van der Waals surface area contributed by atoms with Crippen LogP contribution in [-0.2, 0) is 0 Å². The molecule has 0 aliphatic rings. The molecule has 21 heavy (non-hydrogen) atoms. The number of ether oxygens (including phenoxy) is 1. The van der Waals surface area contributed by atoms with E-state index in [9.17, 15) is 19.3 Å². The molecule has 2 aromatic carbocycles. The Kier molecular flexibility index (Phi) is 3.98. The van der Waals surface area contributed by atoms with E-state index in [1.807, 2.05) is 0 Å². The van der Waals surface area contributed by atoms with Gasteiger partial charge in [0.1, 0.15) is 0 Å². The maximum atomic E-state index is 13.9. The van der Waals surface area contributed by atoms with E-state index >= 15 is 0 Å². The Hall–Kier alpha value is -2.76. The zero-order chi connectivity index (χ0) is 15.6. The van der Waals surface area contributed by atoms with E-state index < -0.39 is 10.7 Å². The number of benzene rings is 2. The highest BCUT2D eigenvalue weighted by molar-refractivity contribution is 5.94. The fraction of sp³-hybridized carbons (Fsp3) is 0.133. The van der Waals surface area contributed by atoms with Crippen molar-refractivity contribution in [2.75, 3.05) is 0 Å². The van der Waals surface area contributed by atoms with Crippen molar-refractivity contribution >= 4 is 11.5 Å². The number of aryl methyl sites for hydroxylation is 1. The van der Waals surface area contributed by atoms with Crippen LogP contribution >= 0.6 is 0 Å². The molecule has 2 aromatic rings. The molecule has 0 aliphatic heterocycles. The highest BCUT2D eigenvalue weighted by atomic mass is 19.1. The van der Waals surface area contributed by atoms with Crippen molar-refractivity contribution in [1.82, 2.24) is 0 Å². The fourth-order valence-corrected chi connectivity index (χ4v) is 1.78. The SMILES string of the molecule is CC(=O)c1ccc(Oc2ccc(C)cc2[N+](=O)[O-])c(F)c1. The summed E-state index contributed by atoms with van der Waals surface area (Å²) in [5.41, 5.74) is 0.657. The van der Waals surface area contributed by atoms with Gasteiger partial charge in [-0.1, -0.05) is 6.07 Å². The minimum Gasteiger partial charge on any atom is -0.447 e. The van der Waals surface area contributed by atoms with E-state index in [-0.39, 0.29) is 28.5 Å². The van der Waals surface area contributed by atoms with Crippen LogP contribution in [0.1, 0.15) is 22.8 Å². The number of hydrogen-bond donors (Lipinski definition) is 0. The Labute approximate surface area is 120 Å². The van der Waals surface area contributed by atoms with E-state index in [1.165, 1.54) is 31.2 Å². The maximum Gasteiger partial charge on any atom is 0.311 e. The van der Waals surface area contributed by atoms with Crippen LogP contribution in [0.5, 0.6) is 11.5 Å². The molecule has 6 heteroatoms. The third-order valence-electron chi connectivity index (χ3n) is 2.87. The lowest BCUT2D eigenvalue weighted by Gasteiger charge is -2.08. The van der Waals surface area contributed by atoms with Crippen molar-refractivity contribution in [3.05, 3.63) is 63.5 Å². The number of nitrogens with zero attached hydrogens (tertiary/aromatic N) is 1. The molecule has 0 atom stereocenters. The molecular formula is C15H12FNO4. The van der Waals surface area contributed by atoms with Gasteiger partial charge in [0.15, 0.2) is 17.3 Å². The minimum absolute atomic E-state index is 0.0555. The van der Waals surface area contributed by atoms with Crippen LogP contribution in [0.15, 0.2) is 36.4 Å². The van der Waals surface area contributed by atoms with Crippen LogP contribution in [0.25, 0.3) is 0 Å². The Morgan fingerprint density at radius 2 is 1.86 bits per heavy atom. The molecule has 0 aliphatic carbocycles. The zero-order valence-corrected chi connectivity index (χ0v) is 11.4. The highest BCUT2D eigenvalue weighted by Gasteiger charge is 2.17. The number of nitro groups is 1. The van der Waals surface area contributed by atoms with Gasteiger partial charge in [0.05, 0.1) is 4.92 Å². The van der Waals surface area contributed by atoms with Crippen molar-refractivity contribution in [2.24, 2.45) is 0 Å². The van der Waals surface area contributed by atoms with Gasteiger partial charge in [-0.25, -0.2) is 4.39 Å². The van der Waals surface area contributed by atoms with Gasteiger partial charge in [-0.2, -0.15) is 0 Å². The van der Waals surface area contributed by atoms with E-state index in [2.05, 4.69) is 0 Å². The molecule has 0 spiro atoms. The molecule has 0 aromatic heterocycles. The second-order valence-electron chi connectivity index (χ2n) is 4.53. The molecular weight excluding hydrogens is 277 g/mol. The number of nitro benzene ring substituents is 1. The van der Waals surface area contributed by atoms with Crippen molar-refractivity contribution in [2.45, 2.75) is 13.8 Å². The van der Waals surface area contributed by atoms with Gasteiger partial charge in [0.25, 0.3) is 0 Å². The van der Waals surface area contributed by atoms with Crippen LogP contribution in [0, 0.1) is 22.9 Å². The van der Waals surface area contributed by atoms with Crippen LogP contribution in [-0.4, -0.2) is 10.7 Å². The molecule has 0 heterocycles. The van der Waals surface area contributed by atoms with E-state index in [4.69, 9.17) is 4.74 Å². The molecule has 108 valence electrons. The predicted octanol–water partition coefficient (Wildman–Crippen LogP) is 4.04. The highest BCUT2D eigenvalue weighted by Crippen LogP contribution is 2.33. The van der Waals surface area contributed by atoms with Crippen molar-refractivity contribution < 1.29 is 18.8 Å². The monoisotopic (exact) mass is 289 g/mol. The van der Waals surface area contributed by atoms with E-state index in [1.54, 1.807) is 13.0 Å². The summed E-state index contributed by atoms with van der Waals surface area (Å²) in [6.07, 6.45) is 0. The third kappa shape index (κ3) is 3.22. The average Bonchev–Trinajstić information content (AvgIpc) is 2.42. The Morgan fingerprint density at radius 3 is 2.43 bits per heavy atom. The number of Topliss-reactive ketones (excluding diaryl/α,β-unsaturated/α-hetero) is 1. The first-order valence-electron chi connectivity index (χ1n) is 6.12.